The topological polar surface area (TPSA) is 55.8 Å². The summed E-state index contributed by atoms with van der Waals surface area (Å²) >= 11 is 6.18. The van der Waals surface area contributed by atoms with E-state index in [4.69, 9.17) is 26.2 Å². The number of carboxylic acid groups (broad SMARTS) is 1. The summed E-state index contributed by atoms with van der Waals surface area (Å²) in [4.78, 5) is 10.9. The van der Waals surface area contributed by atoms with E-state index in [0.717, 1.165) is 5.56 Å². The molecule has 1 aromatic rings. The first-order valence-corrected chi connectivity index (χ1v) is 5.83. The van der Waals surface area contributed by atoms with Crippen molar-refractivity contribution in [3.8, 4) is 11.5 Å². The van der Waals surface area contributed by atoms with Gasteiger partial charge in [-0.25, -0.2) is 0 Å². The van der Waals surface area contributed by atoms with Gasteiger partial charge in [0.2, 0.25) is 0 Å². The van der Waals surface area contributed by atoms with Gasteiger partial charge in [-0.1, -0.05) is 25.4 Å². The highest BCUT2D eigenvalue weighted by molar-refractivity contribution is 6.31. The molecule has 0 aliphatic rings. The molecule has 1 rings (SSSR count). The van der Waals surface area contributed by atoms with Crippen molar-refractivity contribution < 1.29 is 19.4 Å². The number of aliphatic carboxylic acids is 1. The summed E-state index contributed by atoms with van der Waals surface area (Å²) in [5, 5.41) is 9.40. The molecule has 0 amide bonds. The van der Waals surface area contributed by atoms with Gasteiger partial charge < -0.3 is 14.6 Å². The van der Waals surface area contributed by atoms with Crippen LogP contribution in [0.1, 0.15) is 25.8 Å². The minimum absolute atomic E-state index is 0.0117. The first-order chi connectivity index (χ1) is 8.31. The largest absolute Gasteiger partial charge is 0.493 e. The van der Waals surface area contributed by atoms with E-state index in [1.807, 2.05) is 13.8 Å². The fraction of sp³-hybridized carbons (Fsp3) is 0.462. The molecule has 0 atom stereocenters. The molecular weight excluding hydrogens is 256 g/mol. The molecule has 0 saturated carbocycles. The minimum atomic E-state index is -0.870. The number of halogens is 1. The third kappa shape index (κ3) is 3.07. The van der Waals surface area contributed by atoms with Crippen LogP contribution in [0, 0.1) is 0 Å². The summed E-state index contributed by atoms with van der Waals surface area (Å²) in [6, 6.07) is 3.36. The van der Waals surface area contributed by atoms with Crippen LogP contribution in [0.2, 0.25) is 5.02 Å². The third-order valence-electron chi connectivity index (χ3n) is 2.80. The third-order valence-corrected chi connectivity index (χ3v) is 3.11. The molecule has 0 radical (unpaired) electrons. The maximum absolute atomic E-state index is 10.9. The van der Waals surface area contributed by atoms with Crippen LogP contribution in [-0.4, -0.2) is 25.3 Å². The molecule has 0 aromatic heterocycles. The molecule has 0 aliphatic heterocycles. The number of rotatable bonds is 5. The number of benzene rings is 1. The van der Waals surface area contributed by atoms with Crippen molar-refractivity contribution in [3.63, 3.8) is 0 Å². The number of ether oxygens (including phenoxy) is 2. The van der Waals surface area contributed by atoms with Gasteiger partial charge in [0.15, 0.2) is 11.5 Å². The molecule has 0 spiro atoms. The Morgan fingerprint density at radius 3 is 2.22 bits per heavy atom. The maximum atomic E-state index is 10.9. The fourth-order valence-electron chi connectivity index (χ4n) is 1.85. The molecule has 1 N–H and O–H groups in total. The van der Waals surface area contributed by atoms with Gasteiger partial charge in [0.1, 0.15) is 0 Å². The van der Waals surface area contributed by atoms with E-state index in [9.17, 15) is 4.79 Å². The van der Waals surface area contributed by atoms with Gasteiger partial charge in [-0.05, 0) is 11.6 Å². The molecule has 0 aliphatic carbocycles. The van der Waals surface area contributed by atoms with Gasteiger partial charge in [0, 0.05) is 16.5 Å². The highest BCUT2D eigenvalue weighted by atomic mass is 35.5. The SMILES string of the molecule is COc1cc(Cl)c(C(C)(C)CC(=O)O)cc1OC. The van der Waals surface area contributed by atoms with Gasteiger partial charge >= 0.3 is 5.97 Å². The zero-order valence-corrected chi connectivity index (χ0v) is 11.7. The lowest BCUT2D eigenvalue weighted by Crippen LogP contribution is -2.22. The molecule has 18 heavy (non-hydrogen) atoms. The molecule has 1 aromatic carbocycles. The summed E-state index contributed by atoms with van der Waals surface area (Å²) in [7, 11) is 3.05. The average molecular weight is 273 g/mol. The van der Waals surface area contributed by atoms with Crippen LogP contribution in [0.15, 0.2) is 12.1 Å². The molecule has 100 valence electrons. The zero-order chi connectivity index (χ0) is 13.9. The van der Waals surface area contributed by atoms with Crippen LogP contribution in [-0.2, 0) is 10.2 Å². The summed E-state index contributed by atoms with van der Waals surface area (Å²) in [5.74, 6) is 0.193. The van der Waals surface area contributed by atoms with E-state index < -0.39 is 11.4 Å². The van der Waals surface area contributed by atoms with Crippen LogP contribution in [0.3, 0.4) is 0 Å². The van der Waals surface area contributed by atoms with E-state index in [1.54, 1.807) is 12.1 Å². The van der Waals surface area contributed by atoms with Crippen LogP contribution >= 0.6 is 11.6 Å². The Morgan fingerprint density at radius 1 is 1.28 bits per heavy atom. The van der Waals surface area contributed by atoms with Crippen LogP contribution < -0.4 is 9.47 Å². The lowest BCUT2D eigenvalue weighted by molar-refractivity contribution is -0.138. The second-order valence-corrected chi connectivity index (χ2v) is 5.05. The molecule has 0 fully saturated rings. The Hall–Kier alpha value is -1.42. The maximum Gasteiger partial charge on any atom is 0.304 e. The predicted molar refractivity (Wildman–Crippen MR) is 69.8 cm³/mol. The number of hydrogen-bond acceptors (Lipinski definition) is 3. The number of carbonyl (C=O) groups is 1. The minimum Gasteiger partial charge on any atom is -0.493 e. The summed E-state index contributed by atoms with van der Waals surface area (Å²) < 4.78 is 10.3. The molecule has 4 nitrogen and oxygen atoms in total. The van der Waals surface area contributed by atoms with Crippen LogP contribution in [0.5, 0.6) is 11.5 Å². The van der Waals surface area contributed by atoms with E-state index in [1.165, 1.54) is 14.2 Å². The summed E-state index contributed by atoms with van der Waals surface area (Å²) in [6.45, 7) is 3.66. The van der Waals surface area contributed by atoms with Crippen molar-refractivity contribution in [2.24, 2.45) is 0 Å². The van der Waals surface area contributed by atoms with E-state index >= 15 is 0 Å². The Balaban J connectivity index is 3.28. The highest BCUT2D eigenvalue weighted by Gasteiger charge is 2.28. The van der Waals surface area contributed by atoms with Crippen molar-refractivity contribution in [2.45, 2.75) is 25.7 Å². The Morgan fingerprint density at radius 2 is 1.78 bits per heavy atom. The monoisotopic (exact) mass is 272 g/mol. The molecule has 0 unspecified atom stereocenters. The zero-order valence-electron chi connectivity index (χ0n) is 10.9. The molecule has 0 heterocycles. The van der Waals surface area contributed by atoms with Gasteiger partial charge in [-0.3, -0.25) is 4.79 Å². The van der Waals surface area contributed by atoms with E-state index in [0.29, 0.717) is 16.5 Å². The van der Waals surface area contributed by atoms with E-state index in [-0.39, 0.29) is 6.42 Å². The van der Waals surface area contributed by atoms with Gasteiger partial charge in [-0.15, -0.1) is 0 Å². The Labute approximate surface area is 111 Å². The highest BCUT2D eigenvalue weighted by Crippen LogP contribution is 2.40. The first kappa shape index (κ1) is 14.6. The normalized spacial score (nSPS) is 11.2. The lowest BCUT2D eigenvalue weighted by atomic mass is 9.81. The van der Waals surface area contributed by atoms with Crippen LogP contribution in [0.25, 0.3) is 0 Å². The van der Waals surface area contributed by atoms with E-state index in [2.05, 4.69) is 0 Å². The van der Waals surface area contributed by atoms with Gasteiger partial charge in [0.05, 0.1) is 20.6 Å². The fourth-order valence-corrected chi connectivity index (χ4v) is 2.26. The lowest BCUT2D eigenvalue weighted by Gasteiger charge is -2.25. The second kappa shape index (κ2) is 5.48. The molecule has 0 bridgehead atoms. The Bertz CT molecular complexity index is 455. The summed E-state index contributed by atoms with van der Waals surface area (Å²) in [6.07, 6.45) is -0.0117. The van der Waals surface area contributed by atoms with Gasteiger partial charge in [0.25, 0.3) is 0 Å². The van der Waals surface area contributed by atoms with Crippen molar-refractivity contribution in [2.75, 3.05) is 14.2 Å². The van der Waals surface area contributed by atoms with Crippen molar-refractivity contribution in [1.82, 2.24) is 0 Å². The molecule has 5 heteroatoms. The molecular formula is C13H17ClO4. The average Bonchev–Trinajstić information content (AvgIpc) is 2.26. The summed E-state index contributed by atoms with van der Waals surface area (Å²) in [5.41, 5.74) is 0.145. The van der Waals surface area contributed by atoms with Crippen molar-refractivity contribution in [3.05, 3.63) is 22.7 Å². The van der Waals surface area contributed by atoms with Crippen molar-refractivity contribution in [1.29, 1.82) is 0 Å². The first-order valence-electron chi connectivity index (χ1n) is 5.45. The van der Waals surface area contributed by atoms with Crippen molar-refractivity contribution >= 4 is 17.6 Å². The molecule has 0 saturated heterocycles. The van der Waals surface area contributed by atoms with Gasteiger partial charge in [-0.2, -0.15) is 0 Å². The number of hydrogen-bond donors (Lipinski definition) is 1. The quantitative estimate of drug-likeness (QED) is 0.895. The standard InChI is InChI=1S/C13H17ClO4/c1-13(2,7-12(15)16)8-5-10(17-3)11(18-4)6-9(8)14/h5-6H,7H2,1-4H3,(H,15,16). The second-order valence-electron chi connectivity index (χ2n) is 4.64. The predicted octanol–water partition coefficient (Wildman–Crippen LogP) is 3.11. The number of carboxylic acids is 1. The Kier molecular flexibility index (Phi) is 4.46. The number of methoxy groups -OCH3 is 2. The van der Waals surface area contributed by atoms with Crippen LogP contribution in [0.4, 0.5) is 0 Å². The smallest absolute Gasteiger partial charge is 0.304 e.